The van der Waals surface area contributed by atoms with Gasteiger partial charge in [-0.15, -0.1) is 0 Å². The van der Waals surface area contributed by atoms with Crippen LogP contribution in [0, 0.1) is 0 Å². The number of Topliss-reactive ketones (excluding diaryl/α,β-unsaturated/α-hetero) is 1. The number of anilines is 3. The van der Waals surface area contributed by atoms with Gasteiger partial charge in [-0.05, 0) is 43.7 Å². The lowest BCUT2D eigenvalue weighted by molar-refractivity contribution is -0.126. The smallest absolute Gasteiger partial charge is 0.269 e. The van der Waals surface area contributed by atoms with E-state index in [1.807, 2.05) is 6.92 Å². The molecule has 9 heteroatoms. The van der Waals surface area contributed by atoms with E-state index >= 15 is 0 Å². The summed E-state index contributed by atoms with van der Waals surface area (Å²) < 4.78 is 11.2. The predicted octanol–water partition coefficient (Wildman–Crippen LogP) is 1.77. The van der Waals surface area contributed by atoms with Gasteiger partial charge in [0.2, 0.25) is 0 Å². The number of hydrogen-bond donors (Lipinski definition) is 2. The number of benzene rings is 1. The van der Waals surface area contributed by atoms with Gasteiger partial charge in [0.15, 0.2) is 29.6 Å². The Labute approximate surface area is 166 Å². The van der Waals surface area contributed by atoms with Crippen molar-refractivity contribution < 1.29 is 23.9 Å². The van der Waals surface area contributed by atoms with Crippen LogP contribution in [-0.2, 0) is 9.59 Å². The number of aromatic nitrogens is 1. The van der Waals surface area contributed by atoms with Crippen molar-refractivity contribution in [1.82, 2.24) is 4.98 Å². The van der Waals surface area contributed by atoms with Gasteiger partial charge < -0.3 is 20.5 Å². The number of amides is 2. The summed E-state index contributed by atoms with van der Waals surface area (Å²) in [6, 6.07) is 7.98. The first-order valence-electron chi connectivity index (χ1n) is 9.26. The fraction of sp³-hybridized carbons (Fsp3) is 0.300. The summed E-state index contributed by atoms with van der Waals surface area (Å²) in [5.74, 6) is 0.368. The second kappa shape index (κ2) is 7.08. The van der Waals surface area contributed by atoms with Gasteiger partial charge in [-0.1, -0.05) is 6.92 Å². The molecule has 1 aromatic carbocycles. The Balaban J connectivity index is 1.63. The predicted molar refractivity (Wildman–Crippen MR) is 105 cm³/mol. The van der Waals surface area contributed by atoms with Crippen LogP contribution in [0.3, 0.4) is 0 Å². The zero-order chi connectivity index (χ0) is 20.7. The Bertz CT molecular complexity index is 1020. The molecule has 2 aromatic rings. The maximum absolute atomic E-state index is 12.9. The average Bonchev–Trinajstić information content (AvgIpc) is 2.70. The van der Waals surface area contributed by atoms with Crippen molar-refractivity contribution in [2.24, 2.45) is 0 Å². The number of ether oxygens (including phenoxy) is 2. The first-order valence-corrected chi connectivity index (χ1v) is 9.26. The number of ketones is 1. The first-order chi connectivity index (χ1) is 13.9. The highest BCUT2D eigenvalue weighted by molar-refractivity contribution is 6.08. The quantitative estimate of drug-likeness (QED) is 0.755. The molecular weight excluding hydrogens is 376 g/mol. The van der Waals surface area contributed by atoms with Crippen molar-refractivity contribution in [3.05, 3.63) is 35.9 Å². The van der Waals surface area contributed by atoms with Crippen molar-refractivity contribution >= 4 is 34.9 Å². The van der Waals surface area contributed by atoms with Gasteiger partial charge >= 0.3 is 0 Å². The molecule has 0 radical (unpaired) electrons. The molecule has 29 heavy (non-hydrogen) atoms. The maximum atomic E-state index is 12.9. The Kier molecular flexibility index (Phi) is 4.57. The Morgan fingerprint density at radius 2 is 1.97 bits per heavy atom. The minimum absolute atomic E-state index is 0.218. The number of fused-ring (bicyclic) bond motifs is 2. The van der Waals surface area contributed by atoms with E-state index in [2.05, 4.69) is 10.3 Å². The number of carbonyl (C=O) groups is 3. The fourth-order valence-corrected chi connectivity index (χ4v) is 3.25. The third kappa shape index (κ3) is 3.35. The lowest BCUT2D eigenvalue weighted by atomic mass is 10.1. The van der Waals surface area contributed by atoms with Crippen molar-refractivity contribution in [1.29, 1.82) is 0 Å². The van der Waals surface area contributed by atoms with Crippen LogP contribution >= 0.6 is 0 Å². The fourth-order valence-electron chi connectivity index (χ4n) is 3.25. The molecule has 0 bridgehead atoms. The summed E-state index contributed by atoms with van der Waals surface area (Å²) in [5.41, 5.74) is 6.51. The lowest BCUT2D eigenvalue weighted by Crippen LogP contribution is -2.48. The molecule has 0 fully saturated rings. The maximum Gasteiger partial charge on any atom is 0.269 e. The van der Waals surface area contributed by atoms with Gasteiger partial charge in [0.1, 0.15) is 11.6 Å². The molecule has 9 nitrogen and oxygen atoms in total. The Morgan fingerprint density at radius 3 is 2.72 bits per heavy atom. The third-order valence-electron chi connectivity index (χ3n) is 4.83. The van der Waals surface area contributed by atoms with Gasteiger partial charge in [-0.25, -0.2) is 4.98 Å². The van der Waals surface area contributed by atoms with Gasteiger partial charge in [0.25, 0.3) is 11.8 Å². The molecule has 0 spiro atoms. The van der Waals surface area contributed by atoms with Crippen molar-refractivity contribution in [2.45, 2.75) is 32.5 Å². The Hall–Kier alpha value is -3.62. The van der Waals surface area contributed by atoms with E-state index in [1.165, 1.54) is 11.0 Å². The van der Waals surface area contributed by atoms with Gasteiger partial charge in [0, 0.05) is 5.56 Å². The van der Waals surface area contributed by atoms with Crippen LogP contribution in [-0.4, -0.2) is 41.3 Å². The highest BCUT2D eigenvalue weighted by Gasteiger charge is 2.36. The molecule has 3 heterocycles. The van der Waals surface area contributed by atoms with Crippen LogP contribution in [0.1, 0.15) is 30.6 Å². The molecule has 4 rings (SSSR count). The number of carbonyl (C=O) groups excluding carboxylic acids is 3. The monoisotopic (exact) mass is 396 g/mol. The standard InChI is InChI=1S/C20H20N4O5/c1-3-14-20(27)24(18-16(29-14)6-7-17(21)23-18)9-13(25)11-4-5-15-12(8-11)22-19(26)10(2)28-15/h4-8,10,14H,3,9H2,1-2H3,(H2,21,23)(H,22,26). The molecule has 150 valence electrons. The second-order valence-electron chi connectivity index (χ2n) is 6.88. The second-order valence-corrected chi connectivity index (χ2v) is 6.88. The van der Waals surface area contributed by atoms with Crippen LogP contribution in [0.2, 0.25) is 0 Å². The van der Waals surface area contributed by atoms with E-state index < -0.39 is 12.2 Å². The van der Waals surface area contributed by atoms with Crippen molar-refractivity contribution in [2.75, 3.05) is 22.5 Å². The lowest BCUT2D eigenvalue weighted by Gasteiger charge is -2.32. The number of nitrogens with two attached hydrogens (primary N) is 1. The molecule has 0 saturated carbocycles. The van der Waals surface area contributed by atoms with E-state index in [0.717, 1.165) is 0 Å². The third-order valence-corrected chi connectivity index (χ3v) is 4.83. The van der Waals surface area contributed by atoms with E-state index in [9.17, 15) is 14.4 Å². The summed E-state index contributed by atoms with van der Waals surface area (Å²) in [6.45, 7) is 3.24. The van der Waals surface area contributed by atoms with E-state index in [4.69, 9.17) is 15.2 Å². The molecule has 2 unspecified atom stereocenters. The average molecular weight is 396 g/mol. The summed E-state index contributed by atoms with van der Waals surface area (Å²) >= 11 is 0. The highest BCUT2D eigenvalue weighted by Crippen LogP contribution is 2.34. The summed E-state index contributed by atoms with van der Waals surface area (Å²) in [4.78, 5) is 43.0. The number of nitrogen functional groups attached to an aromatic ring is 1. The van der Waals surface area contributed by atoms with Crippen LogP contribution in [0.5, 0.6) is 11.5 Å². The minimum atomic E-state index is -0.696. The minimum Gasteiger partial charge on any atom is -0.479 e. The van der Waals surface area contributed by atoms with Crippen LogP contribution < -0.4 is 25.4 Å². The molecule has 1 aromatic heterocycles. The van der Waals surface area contributed by atoms with Crippen molar-refractivity contribution in [3.63, 3.8) is 0 Å². The van der Waals surface area contributed by atoms with Crippen LogP contribution in [0.15, 0.2) is 30.3 Å². The van der Waals surface area contributed by atoms with E-state index in [1.54, 1.807) is 31.2 Å². The molecular formula is C20H20N4O5. The molecule has 2 aliphatic heterocycles. The van der Waals surface area contributed by atoms with Gasteiger partial charge in [-0.2, -0.15) is 0 Å². The first kappa shape index (κ1) is 18.7. The van der Waals surface area contributed by atoms with Gasteiger partial charge in [-0.3, -0.25) is 19.3 Å². The normalized spacial score (nSPS) is 20.1. The topological polar surface area (TPSA) is 124 Å². The Morgan fingerprint density at radius 1 is 1.21 bits per heavy atom. The largest absolute Gasteiger partial charge is 0.479 e. The van der Waals surface area contributed by atoms with E-state index in [0.29, 0.717) is 29.2 Å². The zero-order valence-electron chi connectivity index (χ0n) is 16.0. The summed E-state index contributed by atoms with van der Waals surface area (Å²) in [6.07, 6.45) is -0.847. The molecule has 0 saturated heterocycles. The van der Waals surface area contributed by atoms with Crippen LogP contribution in [0.25, 0.3) is 0 Å². The highest BCUT2D eigenvalue weighted by atomic mass is 16.5. The molecule has 2 amide bonds. The summed E-state index contributed by atoms with van der Waals surface area (Å²) in [5, 5.41) is 2.71. The number of hydrogen-bond acceptors (Lipinski definition) is 7. The zero-order valence-corrected chi connectivity index (χ0v) is 16.0. The molecule has 3 N–H and O–H groups in total. The molecule has 2 aliphatic rings. The number of nitrogens with one attached hydrogen (secondary N) is 1. The van der Waals surface area contributed by atoms with Crippen molar-refractivity contribution in [3.8, 4) is 11.5 Å². The SMILES string of the molecule is CCC1Oc2ccc(N)nc2N(CC(=O)c2ccc3c(c2)NC(=O)C(C)O3)C1=O. The number of pyridine rings is 1. The number of nitrogens with zero attached hydrogens (tertiary/aromatic N) is 2. The van der Waals surface area contributed by atoms with E-state index in [-0.39, 0.29) is 35.8 Å². The number of rotatable bonds is 4. The van der Waals surface area contributed by atoms with Crippen LogP contribution in [0.4, 0.5) is 17.3 Å². The molecule has 2 atom stereocenters. The summed E-state index contributed by atoms with van der Waals surface area (Å²) in [7, 11) is 0. The van der Waals surface area contributed by atoms with Gasteiger partial charge in [0.05, 0.1) is 12.2 Å². The molecule has 0 aliphatic carbocycles.